The monoisotopic (exact) mass is 240 g/mol. The van der Waals surface area contributed by atoms with E-state index in [1.165, 1.54) is 0 Å². The number of aliphatic imine (C=N–C) groups is 1. The minimum atomic E-state index is 0.00764. The Morgan fingerprint density at radius 2 is 2.06 bits per heavy atom. The lowest BCUT2D eigenvalue weighted by Gasteiger charge is -2.19. The zero-order chi connectivity index (χ0) is 12.3. The fourth-order valence-corrected chi connectivity index (χ4v) is 1.32. The van der Waals surface area contributed by atoms with Gasteiger partial charge in [0.05, 0.1) is 5.88 Å². The number of halogens is 1. The molecule has 16 heavy (non-hydrogen) atoms. The highest BCUT2D eigenvalue weighted by atomic mass is 35.5. The second-order valence-electron chi connectivity index (χ2n) is 4.69. The van der Waals surface area contributed by atoms with Gasteiger partial charge in [-0.25, -0.2) is 4.99 Å². The van der Waals surface area contributed by atoms with Gasteiger partial charge in [0.2, 0.25) is 0 Å². The fraction of sp³-hybridized carbons (Fsp3) is 0.417. The number of nitrogens with zero attached hydrogens (tertiary/aromatic N) is 1. The molecule has 1 aromatic carbocycles. The van der Waals surface area contributed by atoms with Crippen molar-refractivity contribution < 1.29 is 5.11 Å². The number of phenolic OH excluding ortho intramolecular Hbond substituents is 1. The van der Waals surface area contributed by atoms with Gasteiger partial charge in [-0.1, -0.05) is 26.8 Å². The van der Waals surface area contributed by atoms with E-state index in [-0.39, 0.29) is 17.0 Å². The molecule has 0 saturated carbocycles. The molecule has 3 nitrogen and oxygen atoms in total. The first-order valence-electron chi connectivity index (χ1n) is 5.07. The molecule has 3 N–H and O–H groups in total. The van der Waals surface area contributed by atoms with Crippen LogP contribution in [0.15, 0.2) is 23.2 Å². The van der Waals surface area contributed by atoms with Gasteiger partial charge in [-0.2, -0.15) is 0 Å². The van der Waals surface area contributed by atoms with Crippen LogP contribution in [0, 0.1) is 0 Å². The average Bonchev–Trinajstić information content (AvgIpc) is 2.19. The Bertz CT molecular complexity index is 408. The fourth-order valence-electron chi connectivity index (χ4n) is 1.26. The van der Waals surface area contributed by atoms with Gasteiger partial charge in [-0.05, 0) is 23.1 Å². The van der Waals surface area contributed by atoms with Crippen molar-refractivity contribution >= 4 is 23.1 Å². The smallest absolute Gasteiger partial charge is 0.141 e. The topological polar surface area (TPSA) is 58.6 Å². The van der Waals surface area contributed by atoms with Gasteiger partial charge in [-0.3, -0.25) is 0 Å². The van der Waals surface area contributed by atoms with Crippen molar-refractivity contribution in [3.8, 4) is 5.75 Å². The van der Waals surface area contributed by atoms with E-state index >= 15 is 0 Å². The third-order valence-electron chi connectivity index (χ3n) is 2.24. The molecule has 0 amide bonds. The predicted molar refractivity (Wildman–Crippen MR) is 68.8 cm³/mol. The molecule has 0 aromatic heterocycles. The number of alkyl halides is 1. The van der Waals surface area contributed by atoms with Crippen LogP contribution in [-0.4, -0.2) is 16.8 Å². The summed E-state index contributed by atoms with van der Waals surface area (Å²) < 4.78 is 0. The molecule has 0 atom stereocenters. The quantitative estimate of drug-likeness (QED) is 0.474. The Labute approximate surface area is 101 Å². The van der Waals surface area contributed by atoms with Gasteiger partial charge in [0.15, 0.2) is 0 Å². The van der Waals surface area contributed by atoms with E-state index in [2.05, 4.69) is 25.8 Å². The standard InChI is InChI=1S/C12H17ClN2O/c1-12(2,3)8-4-5-10(16)9(6-8)15-11(14)7-13/h4-6,16H,7H2,1-3H3,(H2,14,15). The van der Waals surface area contributed by atoms with Crippen molar-refractivity contribution in [2.45, 2.75) is 26.2 Å². The molecule has 0 spiro atoms. The van der Waals surface area contributed by atoms with Crippen molar-refractivity contribution in [2.75, 3.05) is 5.88 Å². The van der Waals surface area contributed by atoms with Crippen LogP contribution in [0.3, 0.4) is 0 Å². The number of hydrogen-bond donors (Lipinski definition) is 2. The van der Waals surface area contributed by atoms with E-state index in [1.54, 1.807) is 6.07 Å². The molecule has 0 saturated heterocycles. The Morgan fingerprint density at radius 3 is 2.56 bits per heavy atom. The first kappa shape index (κ1) is 12.8. The maximum Gasteiger partial charge on any atom is 0.141 e. The summed E-state index contributed by atoms with van der Waals surface area (Å²) in [6, 6.07) is 5.33. The van der Waals surface area contributed by atoms with E-state index in [0.29, 0.717) is 11.5 Å². The number of hydrogen-bond acceptors (Lipinski definition) is 2. The van der Waals surface area contributed by atoms with Gasteiger partial charge in [0, 0.05) is 0 Å². The normalized spacial score (nSPS) is 12.9. The lowest BCUT2D eigenvalue weighted by atomic mass is 9.87. The number of phenols is 1. The summed E-state index contributed by atoms with van der Waals surface area (Å²) in [5.74, 6) is 0.559. The molecule has 88 valence electrons. The maximum atomic E-state index is 9.64. The van der Waals surface area contributed by atoms with E-state index in [4.69, 9.17) is 17.3 Å². The van der Waals surface area contributed by atoms with Gasteiger partial charge < -0.3 is 10.8 Å². The van der Waals surface area contributed by atoms with Crippen LogP contribution >= 0.6 is 11.6 Å². The molecule has 0 aliphatic heterocycles. The van der Waals surface area contributed by atoms with Crippen LogP contribution in [0.2, 0.25) is 0 Å². The summed E-state index contributed by atoms with van der Waals surface area (Å²) in [6.45, 7) is 6.29. The molecule has 0 heterocycles. The molecule has 0 bridgehead atoms. The summed E-state index contributed by atoms with van der Waals surface area (Å²) in [5, 5.41) is 9.64. The molecule has 0 radical (unpaired) electrons. The molecule has 4 heteroatoms. The Hall–Kier alpha value is -1.22. The van der Waals surface area contributed by atoms with E-state index in [0.717, 1.165) is 5.56 Å². The van der Waals surface area contributed by atoms with Gasteiger partial charge in [0.25, 0.3) is 0 Å². The van der Waals surface area contributed by atoms with Crippen LogP contribution in [0.1, 0.15) is 26.3 Å². The summed E-state index contributed by atoms with van der Waals surface area (Å²) in [5.41, 5.74) is 7.10. The molecule has 0 aliphatic rings. The second kappa shape index (κ2) is 4.74. The molecule has 1 aromatic rings. The van der Waals surface area contributed by atoms with Gasteiger partial charge in [0.1, 0.15) is 17.3 Å². The van der Waals surface area contributed by atoms with Crippen LogP contribution < -0.4 is 5.73 Å². The number of aromatic hydroxyl groups is 1. The van der Waals surface area contributed by atoms with Crippen LogP contribution in [-0.2, 0) is 5.41 Å². The maximum absolute atomic E-state index is 9.64. The number of rotatable bonds is 2. The molecular weight excluding hydrogens is 224 g/mol. The molecular formula is C12H17ClN2O. The van der Waals surface area contributed by atoms with Crippen LogP contribution in [0.4, 0.5) is 5.69 Å². The van der Waals surface area contributed by atoms with Crippen molar-refractivity contribution in [1.82, 2.24) is 0 Å². The average molecular weight is 241 g/mol. The highest BCUT2D eigenvalue weighted by molar-refractivity contribution is 6.28. The highest BCUT2D eigenvalue weighted by Crippen LogP contribution is 2.32. The van der Waals surface area contributed by atoms with Crippen molar-refractivity contribution in [2.24, 2.45) is 10.7 Å². The van der Waals surface area contributed by atoms with Crippen molar-refractivity contribution in [1.29, 1.82) is 0 Å². The largest absolute Gasteiger partial charge is 0.506 e. The highest BCUT2D eigenvalue weighted by Gasteiger charge is 2.15. The predicted octanol–water partition coefficient (Wildman–Crippen LogP) is 2.92. The first-order valence-corrected chi connectivity index (χ1v) is 5.60. The Morgan fingerprint density at radius 1 is 1.44 bits per heavy atom. The lowest BCUT2D eigenvalue weighted by molar-refractivity contribution is 0.475. The molecule has 0 unspecified atom stereocenters. The number of nitrogens with two attached hydrogens (primary N) is 1. The zero-order valence-electron chi connectivity index (χ0n) is 9.79. The van der Waals surface area contributed by atoms with Crippen molar-refractivity contribution in [3.05, 3.63) is 23.8 Å². The summed E-state index contributed by atoms with van der Waals surface area (Å²) in [7, 11) is 0. The Balaban J connectivity index is 3.19. The van der Waals surface area contributed by atoms with Gasteiger partial charge >= 0.3 is 0 Å². The molecule has 1 rings (SSSR count). The van der Waals surface area contributed by atoms with Crippen LogP contribution in [0.25, 0.3) is 0 Å². The third-order valence-corrected chi connectivity index (χ3v) is 2.52. The molecule has 0 aliphatic carbocycles. The molecule has 0 fully saturated rings. The van der Waals surface area contributed by atoms with Gasteiger partial charge in [-0.15, -0.1) is 11.6 Å². The van der Waals surface area contributed by atoms with Crippen molar-refractivity contribution in [3.63, 3.8) is 0 Å². The first-order chi connectivity index (χ1) is 7.34. The Kier molecular flexibility index (Phi) is 3.81. The zero-order valence-corrected chi connectivity index (χ0v) is 10.5. The van der Waals surface area contributed by atoms with E-state index < -0.39 is 0 Å². The van der Waals surface area contributed by atoms with E-state index in [9.17, 15) is 5.11 Å². The number of benzene rings is 1. The lowest BCUT2D eigenvalue weighted by Crippen LogP contribution is -2.13. The number of amidine groups is 1. The SMILES string of the molecule is CC(C)(C)c1ccc(O)c(N=C(N)CCl)c1. The minimum Gasteiger partial charge on any atom is -0.506 e. The third kappa shape index (κ3) is 3.14. The summed E-state index contributed by atoms with van der Waals surface area (Å²) in [4.78, 5) is 4.06. The van der Waals surface area contributed by atoms with E-state index in [1.807, 2.05) is 12.1 Å². The minimum absolute atomic E-state index is 0.00764. The van der Waals surface area contributed by atoms with Crippen LogP contribution in [0.5, 0.6) is 5.75 Å². The summed E-state index contributed by atoms with van der Waals surface area (Å²) >= 11 is 5.55. The second-order valence-corrected chi connectivity index (χ2v) is 4.96. The summed E-state index contributed by atoms with van der Waals surface area (Å²) in [6.07, 6.45) is 0.